The standard InChI is InChI=1S/C10H12O3/c1-7(11)10-6-12-8-4-2-3-5-9(8)13-10/h2-5,7,10-11H,6H2,1H3. The number of aliphatic hydroxyl groups is 1. The Morgan fingerprint density at radius 2 is 2.08 bits per heavy atom. The van der Waals surface area contributed by atoms with Crippen molar-refractivity contribution >= 4 is 0 Å². The number of fused-ring (bicyclic) bond motifs is 1. The molecule has 0 aromatic heterocycles. The molecule has 3 heteroatoms. The van der Waals surface area contributed by atoms with E-state index in [1.165, 1.54) is 0 Å². The van der Waals surface area contributed by atoms with E-state index < -0.39 is 6.10 Å². The summed E-state index contributed by atoms with van der Waals surface area (Å²) in [6.45, 7) is 2.11. The van der Waals surface area contributed by atoms with Gasteiger partial charge in [0.15, 0.2) is 17.6 Å². The van der Waals surface area contributed by atoms with Crippen LogP contribution >= 0.6 is 0 Å². The average molecular weight is 180 g/mol. The van der Waals surface area contributed by atoms with Gasteiger partial charge in [-0.3, -0.25) is 0 Å². The van der Waals surface area contributed by atoms with E-state index in [9.17, 15) is 5.11 Å². The molecule has 2 rings (SSSR count). The summed E-state index contributed by atoms with van der Waals surface area (Å²) in [5.41, 5.74) is 0. The first-order chi connectivity index (χ1) is 6.27. The zero-order chi connectivity index (χ0) is 9.26. The minimum Gasteiger partial charge on any atom is -0.486 e. The molecule has 0 aliphatic carbocycles. The second-order valence-corrected chi connectivity index (χ2v) is 3.15. The van der Waals surface area contributed by atoms with Crippen molar-refractivity contribution < 1.29 is 14.6 Å². The SMILES string of the molecule is CC(O)C1COc2ccccc2O1. The molecular formula is C10H12O3. The van der Waals surface area contributed by atoms with Crippen LogP contribution in [0.1, 0.15) is 6.92 Å². The summed E-state index contributed by atoms with van der Waals surface area (Å²) >= 11 is 0. The largest absolute Gasteiger partial charge is 0.486 e. The monoisotopic (exact) mass is 180 g/mol. The van der Waals surface area contributed by atoms with Crippen molar-refractivity contribution in [2.45, 2.75) is 19.1 Å². The maximum Gasteiger partial charge on any atom is 0.161 e. The molecule has 0 radical (unpaired) electrons. The first-order valence-corrected chi connectivity index (χ1v) is 4.34. The normalized spacial score (nSPS) is 22.5. The molecule has 1 aliphatic heterocycles. The summed E-state index contributed by atoms with van der Waals surface area (Å²) < 4.78 is 10.9. The molecule has 1 aromatic rings. The van der Waals surface area contributed by atoms with Crippen molar-refractivity contribution in [1.29, 1.82) is 0 Å². The lowest BCUT2D eigenvalue weighted by molar-refractivity contribution is -0.000781. The van der Waals surface area contributed by atoms with E-state index in [0.29, 0.717) is 12.4 Å². The van der Waals surface area contributed by atoms with Gasteiger partial charge in [0, 0.05) is 0 Å². The lowest BCUT2D eigenvalue weighted by Crippen LogP contribution is -2.37. The Morgan fingerprint density at radius 1 is 1.38 bits per heavy atom. The molecule has 0 saturated carbocycles. The molecule has 1 aliphatic rings. The minimum atomic E-state index is -0.506. The summed E-state index contributed by atoms with van der Waals surface area (Å²) in [5, 5.41) is 9.30. The lowest BCUT2D eigenvalue weighted by atomic mass is 10.2. The molecule has 2 unspecified atom stereocenters. The average Bonchev–Trinajstić information content (AvgIpc) is 2.17. The predicted octanol–water partition coefficient (Wildman–Crippen LogP) is 1.21. The molecule has 0 amide bonds. The number of hydrogen-bond donors (Lipinski definition) is 1. The third-order valence-electron chi connectivity index (χ3n) is 2.07. The molecule has 13 heavy (non-hydrogen) atoms. The van der Waals surface area contributed by atoms with Gasteiger partial charge in [-0.25, -0.2) is 0 Å². The smallest absolute Gasteiger partial charge is 0.161 e. The Labute approximate surface area is 76.9 Å². The van der Waals surface area contributed by atoms with Crippen molar-refractivity contribution in [3.05, 3.63) is 24.3 Å². The fraction of sp³-hybridized carbons (Fsp3) is 0.400. The highest BCUT2D eigenvalue weighted by atomic mass is 16.6. The minimum absolute atomic E-state index is 0.255. The van der Waals surface area contributed by atoms with Crippen LogP contribution in [0.4, 0.5) is 0 Å². The van der Waals surface area contributed by atoms with Crippen molar-refractivity contribution in [3.8, 4) is 11.5 Å². The van der Waals surface area contributed by atoms with E-state index in [-0.39, 0.29) is 6.10 Å². The summed E-state index contributed by atoms with van der Waals surface area (Å²) in [7, 11) is 0. The van der Waals surface area contributed by atoms with Crippen LogP contribution in [0.2, 0.25) is 0 Å². The molecule has 0 bridgehead atoms. The van der Waals surface area contributed by atoms with E-state index in [1.54, 1.807) is 6.92 Å². The Hall–Kier alpha value is -1.22. The Morgan fingerprint density at radius 3 is 2.77 bits per heavy atom. The van der Waals surface area contributed by atoms with Gasteiger partial charge < -0.3 is 14.6 Å². The van der Waals surface area contributed by atoms with E-state index in [0.717, 1.165) is 5.75 Å². The summed E-state index contributed by atoms with van der Waals surface area (Å²) in [4.78, 5) is 0. The molecule has 0 saturated heterocycles. The quantitative estimate of drug-likeness (QED) is 0.706. The number of ether oxygens (including phenoxy) is 2. The highest BCUT2D eigenvalue weighted by Gasteiger charge is 2.24. The van der Waals surface area contributed by atoms with Crippen LogP contribution in [0, 0.1) is 0 Å². The van der Waals surface area contributed by atoms with Crippen molar-refractivity contribution in [2.24, 2.45) is 0 Å². The van der Waals surface area contributed by atoms with Gasteiger partial charge in [-0.1, -0.05) is 12.1 Å². The second-order valence-electron chi connectivity index (χ2n) is 3.15. The summed E-state index contributed by atoms with van der Waals surface area (Å²) in [6.07, 6.45) is -0.761. The van der Waals surface area contributed by atoms with E-state index in [4.69, 9.17) is 9.47 Å². The van der Waals surface area contributed by atoms with Crippen LogP contribution in [-0.2, 0) is 0 Å². The maximum atomic E-state index is 9.30. The number of rotatable bonds is 1. The van der Waals surface area contributed by atoms with E-state index in [2.05, 4.69) is 0 Å². The van der Waals surface area contributed by atoms with Gasteiger partial charge in [-0.15, -0.1) is 0 Å². The van der Waals surface area contributed by atoms with Crippen LogP contribution < -0.4 is 9.47 Å². The molecule has 3 nitrogen and oxygen atoms in total. The van der Waals surface area contributed by atoms with Crippen molar-refractivity contribution in [1.82, 2.24) is 0 Å². The lowest BCUT2D eigenvalue weighted by Gasteiger charge is -2.27. The zero-order valence-electron chi connectivity index (χ0n) is 7.43. The predicted molar refractivity (Wildman–Crippen MR) is 48.0 cm³/mol. The number of hydrogen-bond acceptors (Lipinski definition) is 3. The van der Waals surface area contributed by atoms with E-state index >= 15 is 0 Å². The third kappa shape index (κ3) is 1.60. The Bertz CT molecular complexity index is 296. The molecule has 2 atom stereocenters. The molecule has 1 N–H and O–H groups in total. The maximum absolute atomic E-state index is 9.30. The first-order valence-electron chi connectivity index (χ1n) is 4.34. The van der Waals surface area contributed by atoms with Gasteiger partial charge in [0.05, 0.1) is 6.10 Å². The Kier molecular flexibility index (Phi) is 2.10. The van der Waals surface area contributed by atoms with Gasteiger partial charge in [0.25, 0.3) is 0 Å². The van der Waals surface area contributed by atoms with Crippen molar-refractivity contribution in [2.75, 3.05) is 6.61 Å². The highest BCUT2D eigenvalue weighted by Crippen LogP contribution is 2.31. The van der Waals surface area contributed by atoms with Gasteiger partial charge >= 0.3 is 0 Å². The van der Waals surface area contributed by atoms with Crippen LogP contribution in [0.5, 0.6) is 11.5 Å². The molecule has 70 valence electrons. The molecule has 1 heterocycles. The van der Waals surface area contributed by atoms with Crippen molar-refractivity contribution in [3.63, 3.8) is 0 Å². The van der Waals surface area contributed by atoms with Crippen LogP contribution in [0.25, 0.3) is 0 Å². The number of benzene rings is 1. The molecular weight excluding hydrogens is 168 g/mol. The Balaban J connectivity index is 2.20. The summed E-state index contributed by atoms with van der Waals surface area (Å²) in [5.74, 6) is 1.46. The first kappa shape index (κ1) is 8.38. The van der Waals surface area contributed by atoms with Gasteiger partial charge in [-0.05, 0) is 19.1 Å². The van der Waals surface area contributed by atoms with Gasteiger partial charge in [0.2, 0.25) is 0 Å². The van der Waals surface area contributed by atoms with Crippen LogP contribution in [-0.4, -0.2) is 23.9 Å². The van der Waals surface area contributed by atoms with Crippen LogP contribution in [0.15, 0.2) is 24.3 Å². The highest BCUT2D eigenvalue weighted by molar-refractivity contribution is 5.40. The number of aliphatic hydroxyl groups excluding tert-OH is 1. The second kappa shape index (κ2) is 3.26. The van der Waals surface area contributed by atoms with Crippen LogP contribution in [0.3, 0.4) is 0 Å². The number of para-hydroxylation sites is 2. The van der Waals surface area contributed by atoms with Gasteiger partial charge in [-0.2, -0.15) is 0 Å². The van der Waals surface area contributed by atoms with Gasteiger partial charge in [0.1, 0.15) is 6.61 Å². The molecule has 1 aromatic carbocycles. The third-order valence-corrected chi connectivity index (χ3v) is 2.07. The zero-order valence-corrected chi connectivity index (χ0v) is 7.43. The fourth-order valence-corrected chi connectivity index (χ4v) is 1.27. The molecule has 0 spiro atoms. The summed E-state index contributed by atoms with van der Waals surface area (Å²) in [6, 6.07) is 7.47. The molecule has 0 fully saturated rings. The topological polar surface area (TPSA) is 38.7 Å². The van der Waals surface area contributed by atoms with E-state index in [1.807, 2.05) is 24.3 Å². The fourth-order valence-electron chi connectivity index (χ4n) is 1.27.